The van der Waals surface area contributed by atoms with E-state index in [1.807, 2.05) is 16.8 Å². The number of rotatable bonds is 6. The van der Waals surface area contributed by atoms with E-state index in [4.69, 9.17) is 9.47 Å². The lowest BCUT2D eigenvalue weighted by molar-refractivity contribution is 0.0459. The van der Waals surface area contributed by atoms with E-state index in [9.17, 15) is 4.79 Å². The van der Waals surface area contributed by atoms with Crippen molar-refractivity contribution in [3.8, 4) is 16.9 Å². The van der Waals surface area contributed by atoms with Gasteiger partial charge in [0.25, 0.3) is 0 Å². The van der Waals surface area contributed by atoms with Gasteiger partial charge in [-0.15, -0.1) is 0 Å². The standard InChI is InChI=1S/C27H34N6O3/c1-3-19-11-24-23(13-22(19)20-12-25(35-2)26-28-17-29-32(26)15-20)30-27(34)33(24)21-5-4-8-31(16-21)14-18-6-9-36-10-7-18/h11-13,15,17-18,21H,3-10,14,16H2,1-2H3,(H,30,34). The summed E-state index contributed by atoms with van der Waals surface area (Å²) in [5.74, 6) is 1.37. The summed E-state index contributed by atoms with van der Waals surface area (Å²) in [5, 5.41) is 4.31. The average Bonchev–Trinajstić information content (AvgIpc) is 3.51. The Balaban J connectivity index is 1.35. The van der Waals surface area contributed by atoms with Crippen LogP contribution in [0.15, 0.2) is 35.5 Å². The van der Waals surface area contributed by atoms with Gasteiger partial charge in [0, 0.05) is 38.1 Å². The smallest absolute Gasteiger partial charge is 0.326 e. The van der Waals surface area contributed by atoms with Gasteiger partial charge in [0.05, 0.1) is 24.2 Å². The Morgan fingerprint density at radius 3 is 2.86 bits per heavy atom. The third kappa shape index (κ3) is 4.20. The van der Waals surface area contributed by atoms with Crippen molar-refractivity contribution in [1.82, 2.24) is 29.0 Å². The summed E-state index contributed by atoms with van der Waals surface area (Å²) in [6, 6.07) is 6.47. The van der Waals surface area contributed by atoms with Gasteiger partial charge >= 0.3 is 5.69 Å². The van der Waals surface area contributed by atoms with Gasteiger partial charge < -0.3 is 19.4 Å². The van der Waals surface area contributed by atoms with Crippen molar-refractivity contribution in [3.63, 3.8) is 0 Å². The number of hydrogen-bond acceptors (Lipinski definition) is 6. The number of aromatic nitrogens is 5. The molecule has 190 valence electrons. The second-order valence-electron chi connectivity index (χ2n) is 10.1. The van der Waals surface area contributed by atoms with Crippen molar-refractivity contribution in [2.24, 2.45) is 5.92 Å². The number of methoxy groups -OCH3 is 1. The molecule has 9 heteroatoms. The summed E-state index contributed by atoms with van der Waals surface area (Å²) >= 11 is 0. The second-order valence-corrected chi connectivity index (χ2v) is 10.1. The van der Waals surface area contributed by atoms with Gasteiger partial charge in [0.2, 0.25) is 0 Å². The van der Waals surface area contributed by atoms with Crippen LogP contribution in [0.3, 0.4) is 0 Å². The number of fused-ring (bicyclic) bond motifs is 2. The van der Waals surface area contributed by atoms with Crippen LogP contribution in [0, 0.1) is 5.92 Å². The molecule has 0 saturated carbocycles. The van der Waals surface area contributed by atoms with Gasteiger partial charge in [-0.1, -0.05) is 6.92 Å². The fraction of sp³-hybridized carbons (Fsp3) is 0.519. The molecule has 0 amide bonds. The topological polar surface area (TPSA) is 89.7 Å². The summed E-state index contributed by atoms with van der Waals surface area (Å²) < 4.78 is 14.9. The molecule has 0 aliphatic carbocycles. The highest BCUT2D eigenvalue weighted by atomic mass is 16.5. The zero-order valence-corrected chi connectivity index (χ0v) is 21.1. The molecule has 2 aliphatic rings. The number of nitrogens with one attached hydrogen (secondary N) is 1. The third-order valence-electron chi connectivity index (χ3n) is 7.90. The fourth-order valence-corrected chi connectivity index (χ4v) is 6.03. The highest BCUT2D eigenvalue weighted by molar-refractivity contribution is 5.85. The Hall–Kier alpha value is -3.17. The molecular formula is C27H34N6O3. The summed E-state index contributed by atoms with van der Waals surface area (Å²) in [6.45, 7) is 7.05. The highest BCUT2D eigenvalue weighted by Gasteiger charge is 2.27. The molecule has 1 N–H and O–H groups in total. The maximum atomic E-state index is 13.3. The molecule has 6 rings (SSSR count). The summed E-state index contributed by atoms with van der Waals surface area (Å²) in [6.07, 6.45) is 8.77. The summed E-state index contributed by atoms with van der Waals surface area (Å²) in [4.78, 5) is 23.3. The number of benzene rings is 1. The number of imidazole rings is 1. The number of hydrogen-bond donors (Lipinski definition) is 1. The van der Waals surface area contributed by atoms with Gasteiger partial charge in [-0.05, 0) is 73.9 Å². The van der Waals surface area contributed by atoms with Crippen molar-refractivity contribution in [2.45, 2.75) is 45.1 Å². The maximum absolute atomic E-state index is 13.3. The van der Waals surface area contributed by atoms with Gasteiger partial charge in [0.15, 0.2) is 11.4 Å². The zero-order chi connectivity index (χ0) is 24.6. The van der Waals surface area contributed by atoms with Crippen molar-refractivity contribution >= 4 is 16.7 Å². The van der Waals surface area contributed by atoms with Crippen LogP contribution in [0.4, 0.5) is 0 Å². The first-order valence-corrected chi connectivity index (χ1v) is 13.1. The van der Waals surface area contributed by atoms with Crippen LogP contribution in [-0.2, 0) is 11.2 Å². The molecule has 2 aliphatic heterocycles. The van der Waals surface area contributed by atoms with Crippen LogP contribution in [0.2, 0.25) is 0 Å². The first kappa shape index (κ1) is 23.2. The number of H-pyrrole nitrogens is 1. The van der Waals surface area contributed by atoms with E-state index in [0.717, 1.165) is 87.1 Å². The lowest BCUT2D eigenvalue weighted by Gasteiger charge is -2.36. The Morgan fingerprint density at radius 2 is 2.06 bits per heavy atom. The first-order chi connectivity index (χ1) is 17.6. The van der Waals surface area contributed by atoms with Gasteiger partial charge in [-0.3, -0.25) is 4.57 Å². The number of nitrogens with zero attached hydrogens (tertiary/aromatic N) is 5. The third-order valence-corrected chi connectivity index (χ3v) is 7.90. The normalized spacial score (nSPS) is 19.9. The molecule has 0 bridgehead atoms. The average molecular weight is 491 g/mol. The molecule has 0 radical (unpaired) electrons. The van der Waals surface area contributed by atoms with Crippen LogP contribution >= 0.6 is 0 Å². The number of aromatic amines is 1. The van der Waals surface area contributed by atoms with Gasteiger partial charge in [0.1, 0.15) is 6.33 Å². The predicted molar refractivity (Wildman–Crippen MR) is 139 cm³/mol. The van der Waals surface area contributed by atoms with Crippen LogP contribution in [0.5, 0.6) is 5.75 Å². The van der Waals surface area contributed by atoms with E-state index < -0.39 is 0 Å². The van der Waals surface area contributed by atoms with E-state index in [-0.39, 0.29) is 11.7 Å². The second kappa shape index (κ2) is 9.71. The first-order valence-electron chi connectivity index (χ1n) is 13.1. The number of likely N-dealkylation sites (tertiary alicyclic amines) is 1. The molecule has 1 unspecified atom stereocenters. The Morgan fingerprint density at radius 1 is 1.19 bits per heavy atom. The Kier molecular flexibility index (Phi) is 6.27. The minimum atomic E-state index is -0.0218. The molecule has 4 aromatic rings. The highest BCUT2D eigenvalue weighted by Crippen LogP contribution is 2.33. The zero-order valence-electron chi connectivity index (χ0n) is 21.1. The summed E-state index contributed by atoms with van der Waals surface area (Å²) in [7, 11) is 1.64. The molecule has 2 fully saturated rings. The largest absolute Gasteiger partial charge is 0.493 e. The van der Waals surface area contributed by atoms with E-state index in [0.29, 0.717) is 17.3 Å². The minimum absolute atomic E-state index is 0.0218. The molecule has 36 heavy (non-hydrogen) atoms. The van der Waals surface area contributed by atoms with Crippen LogP contribution in [0.1, 0.15) is 44.2 Å². The molecule has 3 aromatic heterocycles. The number of ether oxygens (including phenoxy) is 2. The van der Waals surface area contributed by atoms with Crippen molar-refractivity contribution in [1.29, 1.82) is 0 Å². The molecular weight excluding hydrogens is 456 g/mol. The monoisotopic (exact) mass is 490 g/mol. The summed E-state index contributed by atoms with van der Waals surface area (Å²) in [5.41, 5.74) is 5.76. The van der Waals surface area contributed by atoms with Crippen LogP contribution in [-0.4, -0.2) is 69.0 Å². The molecule has 1 atom stereocenters. The molecule has 1 aromatic carbocycles. The number of pyridine rings is 1. The lowest BCUT2D eigenvalue weighted by Crippen LogP contribution is -2.42. The van der Waals surface area contributed by atoms with Crippen molar-refractivity contribution < 1.29 is 9.47 Å². The van der Waals surface area contributed by atoms with Crippen molar-refractivity contribution in [3.05, 3.63) is 46.8 Å². The van der Waals surface area contributed by atoms with E-state index in [2.05, 4.69) is 39.0 Å². The van der Waals surface area contributed by atoms with Crippen LogP contribution < -0.4 is 10.4 Å². The number of aryl methyl sites for hydroxylation is 1. The fourth-order valence-electron chi connectivity index (χ4n) is 6.03. The van der Waals surface area contributed by atoms with E-state index in [1.165, 1.54) is 11.9 Å². The van der Waals surface area contributed by atoms with Gasteiger partial charge in [-0.25, -0.2) is 14.3 Å². The van der Waals surface area contributed by atoms with E-state index in [1.54, 1.807) is 11.6 Å². The SMILES string of the molecule is CCc1cc2c(cc1-c1cc(OC)c3ncnn3c1)[nH]c(=O)n2C1CCCN(CC2CCOCC2)C1. The minimum Gasteiger partial charge on any atom is -0.493 e. The molecule has 0 spiro atoms. The van der Waals surface area contributed by atoms with Crippen molar-refractivity contribution in [2.75, 3.05) is 40.0 Å². The van der Waals surface area contributed by atoms with E-state index >= 15 is 0 Å². The maximum Gasteiger partial charge on any atom is 0.326 e. The predicted octanol–water partition coefficient (Wildman–Crippen LogP) is 3.67. The molecule has 2 saturated heterocycles. The Labute approximate surface area is 210 Å². The number of piperidine rings is 1. The molecule has 5 heterocycles. The van der Waals surface area contributed by atoms with Crippen LogP contribution in [0.25, 0.3) is 27.8 Å². The lowest BCUT2D eigenvalue weighted by atomic mass is 9.96. The molecule has 9 nitrogen and oxygen atoms in total. The van der Waals surface area contributed by atoms with Gasteiger partial charge in [-0.2, -0.15) is 5.10 Å². The Bertz CT molecular complexity index is 1430. The quantitative estimate of drug-likeness (QED) is 0.444.